The van der Waals surface area contributed by atoms with Gasteiger partial charge in [0.05, 0.1) is 29.5 Å². The Balaban J connectivity index is 1.44. The molecular formula is C23H23N5O3S. The molecular weight excluding hydrogens is 426 g/mol. The minimum Gasteiger partial charge on any atom is -0.467 e. The number of benzene rings is 1. The number of carbonyl (C=O) groups excluding carboxylic acids is 1. The van der Waals surface area contributed by atoms with Gasteiger partial charge in [0.25, 0.3) is 5.56 Å². The van der Waals surface area contributed by atoms with Gasteiger partial charge < -0.3 is 9.32 Å². The molecule has 0 spiro atoms. The number of amides is 1. The van der Waals surface area contributed by atoms with E-state index in [1.54, 1.807) is 19.4 Å². The largest absolute Gasteiger partial charge is 0.467 e. The van der Waals surface area contributed by atoms with Crippen molar-refractivity contribution in [3.8, 4) is 0 Å². The molecule has 5 rings (SSSR count). The molecule has 0 saturated carbocycles. The molecule has 32 heavy (non-hydrogen) atoms. The van der Waals surface area contributed by atoms with Crippen molar-refractivity contribution in [2.24, 2.45) is 7.05 Å². The van der Waals surface area contributed by atoms with Gasteiger partial charge >= 0.3 is 0 Å². The van der Waals surface area contributed by atoms with Gasteiger partial charge in [-0.2, -0.15) is 0 Å². The van der Waals surface area contributed by atoms with Crippen molar-refractivity contribution in [3.05, 3.63) is 70.5 Å². The summed E-state index contributed by atoms with van der Waals surface area (Å²) in [7, 11) is 1.68. The third-order valence-electron chi connectivity index (χ3n) is 5.73. The highest BCUT2D eigenvalue weighted by atomic mass is 32.2. The van der Waals surface area contributed by atoms with Crippen LogP contribution in [0.4, 0.5) is 0 Å². The van der Waals surface area contributed by atoms with Gasteiger partial charge in [-0.25, -0.2) is 0 Å². The average molecular weight is 450 g/mol. The standard InChI is InChI=1S/C23H23N5O3S/c1-26-21(30)18-11-5-6-12-19(18)28-22(26)24-25-23(28)32-15-20(29)27(14-17-10-7-13-31-17)16-8-3-2-4-9-16/h5-8,10-13H,2-4,9,14-15H2,1H3. The smallest absolute Gasteiger partial charge is 0.262 e. The summed E-state index contributed by atoms with van der Waals surface area (Å²) in [5, 5.41) is 9.65. The molecule has 3 heterocycles. The van der Waals surface area contributed by atoms with E-state index in [4.69, 9.17) is 4.42 Å². The summed E-state index contributed by atoms with van der Waals surface area (Å²) < 4.78 is 8.82. The van der Waals surface area contributed by atoms with Crippen molar-refractivity contribution in [1.29, 1.82) is 0 Å². The van der Waals surface area contributed by atoms with E-state index >= 15 is 0 Å². The Morgan fingerprint density at radius 2 is 2.06 bits per heavy atom. The van der Waals surface area contributed by atoms with Crippen LogP contribution >= 0.6 is 11.8 Å². The molecule has 1 aliphatic carbocycles. The van der Waals surface area contributed by atoms with Crippen LogP contribution < -0.4 is 5.56 Å². The molecule has 9 heteroatoms. The van der Waals surface area contributed by atoms with Gasteiger partial charge in [-0.15, -0.1) is 10.2 Å². The molecule has 1 aliphatic rings. The first kappa shape index (κ1) is 20.6. The second kappa shape index (κ2) is 8.66. The van der Waals surface area contributed by atoms with Crippen molar-refractivity contribution in [1.82, 2.24) is 24.1 Å². The first-order valence-electron chi connectivity index (χ1n) is 10.6. The number of furan rings is 1. The maximum atomic E-state index is 13.3. The van der Waals surface area contributed by atoms with Crippen LogP contribution in [0.15, 0.2) is 68.8 Å². The van der Waals surface area contributed by atoms with Crippen molar-refractivity contribution in [2.75, 3.05) is 5.75 Å². The fourth-order valence-corrected chi connectivity index (χ4v) is 4.90. The van der Waals surface area contributed by atoms with E-state index in [0.717, 1.165) is 42.7 Å². The number of hydrogen-bond donors (Lipinski definition) is 0. The summed E-state index contributed by atoms with van der Waals surface area (Å²) >= 11 is 1.32. The minimum absolute atomic E-state index is 0.00887. The van der Waals surface area contributed by atoms with Crippen LogP contribution in [0.3, 0.4) is 0 Å². The van der Waals surface area contributed by atoms with Gasteiger partial charge in [0.2, 0.25) is 11.7 Å². The van der Waals surface area contributed by atoms with Crippen molar-refractivity contribution in [2.45, 2.75) is 37.4 Å². The van der Waals surface area contributed by atoms with E-state index in [1.165, 1.54) is 16.3 Å². The molecule has 8 nitrogen and oxygen atoms in total. The fraction of sp³-hybridized carbons (Fsp3) is 0.304. The lowest BCUT2D eigenvalue weighted by molar-refractivity contribution is -0.127. The first-order chi connectivity index (χ1) is 15.6. The summed E-state index contributed by atoms with van der Waals surface area (Å²) in [6.07, 6.45) is 7.88. The molecule has 0 radical (unpaired) electrons. The summed E-state index contributed by atoms with van der Waals surface area (Å²) in [6.45, 7) is 0.413. The van der Waals surface area contributed by atoms with E-state index in [0.29, 0.717) is 22.9 Å². The molecule has 1 aromatic carbocycles. The van der Waals surface area contributed by atoms with Gasteiger partial charge in [0.1, 0.15) is 5.76 Å². The Kier molecular flexibility index (Phi) is 5.57. The molecule has 0 atom stereocenters. The highest BCUT2D eigenvalue weighted by molar-refractivity contribution is 7.99. The van der Waals surface area contributed by atoms with Gasteiger partial charge in [-0.1, -0.05) is 30.0 Å². The van der Waals surface area contributed by atoms with E-state index in [-0.39, 0.29) is 17.2 Å². The third kappa shape index (κ3) is 3.73. The molecule has 0 aliphatic heterocycles. The van der Waals surface area contributed by atoms with Crippen LogP contribution in [-0.4, -0.2) is 35.7 Å². The van der Waals surface area contributed by atoms with Crippen LogP contribution in [0, 0.1) is 0 Å². The maximum absolute atomic E-state index is 13.3. The molecule has 0 unspecified atom stereocenters. The number of thioether (sulfide) groups is 1. The van der Waals surface area contributed by atoms with Crippen LogP contribution in [0.1, 0.15) is 31.4 Å². The third-order valence-corrected chi connectivity index (χ3v) is 6.64. The Morgan fingerprint density at radius 3 is 2.84 bits per heavy atom. The molecule has 4 aromatic rings. The first-order valence-corrected chi connectivity index (χ1v) is 11.6. The van der Waals surface area contributed by atoms with Crippen molar-refractivity contribution >= 4 is 34.3 Å². The highest BCUT2D eigenvalue weighted by Gasteiger charge is 2.23. The Bertz CT molecular complexity index is 1370. The minimum atomic E-state index is -0.123. The number of aryl methyl sites for hydroxylation is 1. The normalized spacial score (nSPS) is 14.1. The van der Waals surface area contributed by atoms with E-state index < -0.39 is 0 Å². The fourth-order valence-electron chi connectivity index (χ4n) is 4.08. The number of fused-ring (bicyclic) bond motifs is 3. The van der Waals surface area contributed by atoms with Crippen LogP contribution in [0.25, 0.3) is 16.7 Å². The zero-order valence-corrected chi connectivity index (χ0v) is 18.5. The molecule has 1 amide bonds. The maximum Gasteiger partial charge on any atom is 0.262 e. The molecule has 0 saturated heterocycles. The summed E-state index contributed by atoms with van der Waals surface area (Å²) in [5.74, 6) is 1.40. The van der Waals surface area contributed by atoms with Crippen molar-refractivity contribution in [3.63, 3.8) is 0 Å². The molecule has 3 aromatic heterocycles. The topological polar surface area (TPSA) is 85.6 Å². The lowest BCUT2D eigenvalue weighted by Gasteiger charge is -2.27. The molecule has 164 valence electrons. The van der Waals surface area contributed by atoms with Gasteiger partial charge in [0.15, 0.2) is 5.16 Å². The van der Waals surface area contributed by atoms with E-state index in [2.05, 4.69) is 16.3 Å². The van der Waals surface area contributed by atoms with Crippen LogP contribution in [0.2, 0.25) is 0 Å². The Morgan fingerprint density at radius 1 is 1.19 bits per heavy atom. The monoisotopic (exact) mass is 449 g/mol. The number of allylic oxidation sites excluding steroid dienone is 2. The number of rotatable bonds is 6. The molecule has 0 N–H and O–H groups in total. The quantitative estimate of drug-likeness (QED) is 0.417. The summed E-state index contributed by atoms with van der Waals surface area (Å²) in [6, 6.07) is 11.1. The number of nitrogens with zero attached hydrogens (tertiary/aromatic N) is 5. The predicted octanol–water partition coefficient (Wildman–Crippen LogP) is 3.75. The zero-order valence-electron chi connectivity index (χ0n) is 17.7. The van der Waals surface area contributed by atoms with Crippen LogP contribution in [-0.2, 0) is 18.4 Å². The Hall–Kier alpha value is -3.33. The second-order valence-corrected chi connectivity index (χ2v) is 8.73. The second-order valence-electron chi connectivity index (χ2n) is 7.79. The summed E-state index contributed by atoms with van der Waals surface area (Å²) in [4.78, 5) is 27.7. The van der Waals surface area contributed by atoms with Gasteiger partial charge in [-0.3, -0.25) is 18.6 Å². The van der Waals surface area contributed by atoms with E-state index in [1.807, 2.05) is 39.6 Å². The number of aromatic nitrogens is 4. The van der Waals surface area contributed by atoms with Gasteiger partial charge in [0, 0.05) is 12.7 Å². The highest BCUT2D eigenvalue weighted by Crippen LogP contribution is 2.26. The Labute approximate surface area is 188 Å². The summed E-state index contributed by atoms with van der Waals surface area (Å²) in [5.41, 5.74) is 1.66. The molecule has 0 bridgehead atoms. The zero-order chi connectivity index (χ0) is 22.1. The van der Waals surface area contributed by atoms with Crippen molar-refractivity contribution < 1.29 is 9.21 Å². The average Bonchev–Trinajstić information content (AvgIpc) is 3.50. The van der Waals surface area contributed by atoms with Gasteiger partial charge in [-0.05, 0) is 49.9 Å². The lowest BCUT2D eigenvalue weighted by atomic mass is 10.0. The predicted molar refractivity (Wildman–Crippen MR) is 122 cm³/mol. The lowest BCUT2D eigenvalue weighted by Crippen LogP contribution is -2.32. The number of para-hydroxylation sites is 1. The SMILES string of the molecule is Cn1c(=O)c2ccccc2n2c(SCC(=O)N(Cc3ccco3)C3=CCCCC3)nnc12. The van der Waals surface area contributed by atoms with Crippen LogP contribution in [0.5, 0.6) is 0 Å². The number of carbonyl (C=O) groups is 1. The molecule has 0 fully saturated rings. The number of hydrogen-bond acceptors (Lipinski definition) is 6. The van der Waals surface area contributed by atoms with E-state index in [9.17, 15) is 9.59 Å².